The molecule has 1 saturated heterocycles. The van der Waals surface area contributed by atoms with Crippen LogP contribution in [0.5, 0.6) is 0 Å². The fraction of sp³-hybridized carbons (Fsp3) is 0.684. The smallest absolute Gasteiger partial charge is 0.392 e. The molecule has 1 aliphatic heterocycles. The maximum atomic E-state index is 13.6. The molecule has 1 fully saturated rings. The quantitative estimate of drug-likeness (QED) is 0.547. The summed E-state index contributed by atoms with van der Waals surface area (Å²) in [5, 5.41) is 0. The Morgan fingerprint density at radius 3 is 2.65 bits per heavy atom. The summed E-state index contributed by atoms with van der Waals surface area (Å²) in [6.07, 6.45) is 0.0322. The Kier molecular flexibility index (Phi) is 4.69. The van der Waals surface area contributed by atoms with Gasteiger partial charge >= 0.3 is 12.1 Å². The van der Waals surface area contributed by atoms with Gasteiger partial charge in [-0.15, -0.1) is 0 Å². The Labute approximate surface area is 151 Å². The first-order valence-corrected chi connectivity index (χ1v) is 9.02. The van der Waals surface area contributed by atoms with Gasteiger partial charge in [0.15, 0.2) is 0 Å². The van der Waals surface area contributed by atoms with Crippen LogP contribution in [0.3, 0.4) is 0 Å². The second kappa shape index (κ2) is 6.43. The van der Waals surface area contributed by atoms with Gasteiger partial charge in [0.2, 0.25) is 5.91 Å². The predicted molar refractivity (Wildman–Crippen MR) is 88.7 cm³/mol. The molecule has 0 N–H and O–H groups in total. The lowest BCUT2D eigenvalue weighted by Gasteiger charge is -2.51. The number of carbonyl (C=O) groups excluding carboxylic acids is 2. The molecule has 1 heterocycles. The number of alkyl halides is 3. The van der Waals surface area contributed by atoms with E-state index in [9.17, 15) is 22.8 Å². The molecule has 0 radical (unpaired) electrons. The molecule has 26 heavy (non-hydrogen) atoms. The molecule has 2 unspecified atom stereocenters. The van der Waals surface area contributed by atoms with E-state index in [1.165, 1.54) is 0 Å². The number of carbonyl (C=O) groups is 2. The number of ether oxygens (including phenoxy) is 1. The summed E-state index contributed by atoms with van der Waals surface area (Å²) in [6.45, 7) is 3.62. The maximum absolute atomic E-state index is 13.6. The number of fused-ring (bicyclic) bond motifs is 3. The van der Waals surface area contributed by atoms with Gasteiger partial charge in [0.05, 0.1) is 18.4 Å². The average molecular weight is 371 g/mol. The van der Waals surface area contributed by atoms with E-state index in [0.717, 1.165) is 11.3 Å². The van der Waals surface area contributed by atoms with Crippen LogP contribution in [0.2, 0.25) is 0 Å². The monoisotopic (exact) mass is 371 g/mol. The van der Waals surface area contributed by atoms with E-state index in [2.05, 4.69) is 0 Å². The number of likely N-dealkylation sites (tertiary alicyclic amines) is 1. The minimum absolute atomic E-state index is 0.0127. The fourth-order valence-corrected chi connectivity index (χ4v) is 4.89. The fourth-order valence-electron chi connectivity index (χ4n) is 4.89. The van der Waals surface area contributed by atoms with Crippen LogP contribution in [-0.4, -0.2) is 36.6 Å². The van der Waals surface area contributed by atoms with E-state index in [1.54, 1.807) is 24.9 Å². The third-order valence-electron chi connectivity index (χ3n) is 6.18. The van der Waals surface area contributed by atoms with Gasteiger partial charge in [0.25, 0.3) is 0 Å². The molecule has 2 aliphatic carbocycles. The molecule has 144 valence electrons. The number of esters is 1. The Hall–Kier alpha value is -1.79. The average Bonchev–Trinajstić information content (AvgIpc) is 2.57. The number of hydrogen-bond acceptors (Lipinski definition) is 3. The standard InChI is InChI=1S/C19H24F3NO3/c1-4-26-17(25)16-11-5-8-14-18(2,10-9-15(24)23(14)3)12(11)6-7-13(16)19(20,21)22/h6,8,11,13,16H,4-5,7,9-10H2,1-3H3/t11-,13?,16?,18-/m1/s1. The summed E-state index contributed by atoms with van der Waals surface area (Å²) in [6, 6.07) is 0. The third kappa shape index (κ3) is 2.85. The van der Waals surface area contributed by atoms with Crippen LogP contribution in [0.25, 0.3) is 0 Å². The van der Waals surface area contributed by atoms with Gasteiger partial charge in [0, 0.05) is 24.6 Å². The molecule has 0 aromatic heterocycles. The Morgan fingerprint density at radius 2 is 2.04 bits per heavy atom. The SMILES string of the molecule is CCOC(=O)C1C(C(F)(F)F)CC=C2[C@H]1CC=C1N(C)C(=O)CC[C@]21C. The van der Waals surface area contributed by atoms with Crippen LogP contribution in [0, 0.1) is 23.2 Å². The number of amides is 1. The van der Waals surface area contributed by atoms with Crippen molar-refractivity contribution >= 4 is 11.9 Å². The summed E-state index contributed by atoms with van der Waals surface area (Å²) in [5.41, 5.74) is 1.18. The first-order chi connectivity index (χ1) is 12.1. The van der Waals surface area contributed by atoms with E-state index in [0.29, 0.717) is 19.3 Å². The van der Waals surface area contributed by atoms with E-state index >= 15 is 0 Å². The van der Waals surface area contributed by atoms with Crippen molar-refractivity contribution in [2.45, 2.75) is 45.7 Å². The third-order valence-corrected chi connectivity index (χ3v) is 6.18. The lowest BCUT2D eigenvalue weighted by molar-refractivity contribution is -0.204. The largest absolute Gasteiger partial charge is 0.466 e. The van der Waals surface area contributed by atoms with Gasteiger partial charge in [-0.05, 0) is 32.1 Å². The Bertz CT molecular complexity index is 682. The molecule has 3 rings (SSSR count). The molecular weight excluding hydrogens is 347 g/mol. The second-order valence-corrected chi connectivity index (χ2v) is 7.54. The lowest BCUT2D eigenvalue weighted by atomic mass is 9.57. The molecule has 0 aromatic carbocycles. The molecule has 0 saturated carbocycles. The summed E-state index contributed by atoms with van der Waals surface area (Å²) in [7, 11) is 1.70. The van der Waals surface area contributed by atoms with Gasteiger partial charge in [0.1, 0.15) is 0 Å². The van der Waals surface area contributed by atoms with E-state index in [4.69, 9.17) is 4.74 Å². The number of nitrogens with zero attached hydrogens (tertiary/aromatic N) is 1. The topological polar surface area (TPSA) is 46.6 Å². The lowest BCUT2D eigenvalue weighted by Crippen LogP contribution is -2.50. The van der Waals surface area contributed by atoms with E-state index in [1.807, 2.05) is 13.0 Å². The molecule has 0 bridgehead atoms. The highest BCUT2D eigenvalue weighted by Gasteiger charge is 2.57. The minimum Gasteiger partial charge on any atom is -0.466 e. The van der Waals surface area contributed by atoms with Crippen molar-refractivity contribution in [1.29, 1.82) is 0 Å². The number of halogens is 3. The summed E-state index contributed by atoms with van der Waals surface area (Å²) in [4.78, 5) is 26.1. The van der Waals surface area contributed by atoms with Crippen LogP contribution in [0.4, 0.5) is 13.2 Å². The minimum atomic E-state index is -4.45. The van der Waals surface area contributed by atoms with Crippen molar-refractivity contribution in [2.75, 3.05) is 13.7 Å². The van der Waals surface area contributed by atoms with Gasteiger partial charge in [-0.25, -0.2) is 0 Å². The highest BCUT2D eigenvalue weighted by molar-refractivity contribution is 5.80. The molecule has 0 spiro atoms. The van der Waals surface area contributed by atoms with Crippen molar-refractivity contribution in [3.8, 4) is 0 Å². The van der Waals surface area contributed by atoms with Gasteiger partial charge in [-0.2, -0.15) is 13.2 Å². The summed E-state index contributed by atoms with van der Waals surface area (Å²) >= 11 is 0. The zero-order valence-electron chi connectivity index (χ0n) is 15.2. The Morgan fingerprint density at radius 1 is 1.35 bits per heavy atom. The van der Waals surface area contributed by atoms with Crippen LogP contribution in [0.1, 0.15) is 39.5 Å². The number of rotatable bonds is 2. The number of piperidine rings is 1. The highest BCUT2D eigenvalue weighted by atomic mass is 19.4. The van der Waals surface area contributed by atoms with Crippen molar-refractivity contribution in [3.63, 3.8) is 0 Å². The number of hydrogen-bond donors (Lipinski definition) is 0. The maximum Gasteiger partial charge on any atom is 0.392 e. The predicted octanol–water partition coefficient (Wildman–Crippen LogP) is 3.84. The Balaban J connectivity index is 2.04. The zero-order valence-corrected chi connectivity index (χ0v) is 15.2. The van der Waals surface area contributed by atoms with Crippen molar-refractivity contribution in [3.05, 3.63) is 23.4 Å². The van der Waals surface area contributed by atoms with Gasteiger partial charge in [-0.3, -0.25) is 9.59 Å². The molecule has 1 amide bonds. The zero-order chi connectivity index (χ0) is 19.3. The number of allylic oxidation sites excluding steroid dienone is 3. The van der Waals surface area contributed by atoms with Crippen LogP contribution >= 0.6 is 0 Å². The van der Waals surface area contributed by atoms with Gasteiger partial charge < -0.3 is 9.64 Å². The van der Waals surface area contributed by atoms with Crippen molar-refractivity contribution in [1.82, 2.24) is 4.90 Å². The molecule has 3 aliphatic rings. The van der Waals surface area contributed by atoms with Gasteiger partial charge in [-0.1, -0.05) is 24.6 Å². The van der Waals surface area contributed by atoms with E-state index in [-0.39, 0.29) is 18.9 Å². The molecule has 7 heteroatoms. The van der Waals surface area contributed by atoms with Crippen molar-refractivity contribution < 1.29 is 27.5 Å². The highest BCUT2D eigenvalue weighted by Crippen LogP contribution is 2.57. The molecular formula is C19H24F3NO3. The van der Waals surface area contributed by atoms with Crippen LogP contribution in [0.15, 0.2) is 23.4 Å². The van der Waals surface area contributed by atoms with Crippen LogP contribution < -0.4 is 0 Å². The molecule has 0 aromatic rings. The second-order valence-electron chi connectivity index (χ2n) is 7.54. The van der Waals surface area contributed by atoms with Crippen LogP contribution in [-0.2, 0) is 14.3 Å². The first-order valence-electron chi connectivity index (χ1n) is 9.02. The summed E-state index contributed by atoms with van der Waals surface area (Å²) < 4.78 is 45.8. The first kappa shape index (κ1) is 19.0. The molecule has 4 atom stereocenters. The van der Waals surface area contributed by atoms with E-state index < -0.39 is 35.3 Å². The van der Waals surface area contributed by atoms with Crippen molar-refractivity contribution in [2.24, 2.45) is 23.2 Å². The molecule has 4 nitrogen and oxygen atoms in total. The summed E-state index contributed by atoms with van der Waals surface area (Å²) in [5.74, 6) is -4.25. The normalized spacial score (nSPS) is 34.5.